The average Bonchev–Trinajstić information content (AvgIpc) is 3.38. The van der Waals surface area contributed by atoms with Crippen LogP contribution in [0.25, 0.3) is 0 Å². The summed E-state index contributed by atoms with van der Waals surface area (Å²) < 4.78 is 15.8. The highest BCUT2D eigenvalue weighted by atomic mass is 16.5. The van der Waals surface area contributed by atoms with Gasteiger partial charge in [0.1, 0.15) is 11.5 Å². The molecule has 3 rings (SSSR count). The number of nitrogens with one attached hydrogen (secondary N) is 3. The van der Waals surface area contributed by atoms with Crippen LogP contribution in [-0.2, 0) is 4.79 Å². The largest absolute Gasteiger partial charge is 0.494 e. The third kappa shape index (κ3) is 6.36. The molecule has 0 aliphatic heterocycles. The van der Waals surface area contributed by atoms with Crippen molar-refractivity contribution >= 4 is 29.1 Å². The molecule has 0 aliphatic rings. The van der Waals surface area contributed by atoms with Gasteiger partial charge in [0.05, 0.1) is 31.9 Å². The topological polar surface area (TPSA) is 119 Å². The molecular formula is C24H25N3O6. The molecule has 33 heavy (non-hydrogen) atoms. The Morgan fingerprint density at radius 2 is 1.52 bits per heavy atom. The number of hydrogen-bond acceptors (Lipinski definition) is 6. The molecule has 0 fully saturated rings. The molecule has 1 aromatic heterocycles. The Kier molecular flexibility index (Phi) is 8.07. The summed E-state index contributed by atoms with van der Waals surface area (Å²) in [6.45, 7) is 0.317. The minimum atomic E-state index is -0.333. The molecule has 3 N–H and O–H groups in total. The molecule has 9 nitrogen and oxygen atoms in total. The van der Waals surface area contributed by atoms with Crippen LogP contribution in [0.1, 0.15) is 33.8 Å². The first-order valence-corrected chi connectivity index (χ1v) is 10.3. The Morgan fingerprint density at radius 3 is 2.12 bits per heavy atom. The van der Waals surface area contributed by atoms with E-state index in [1.807, 2.05) is 6.07 Å². The van der Waals surface area contributed by atoms with Gasteiger partial charge in [-0.3, -0.25) is 14.4 Å². The summed E-state index contributed by atoms with van der Waals surface area (Å²) in [6, 6.07) is 15.1. The second-order valence-corrected chi connectivity index (χ2v) is 6.96. The maximum absolute atomic E-state index is 12.5. The number of carbonyl (C=O) groups is 3. The monoisotopic (exact) mass is 451 g/mol. The molecule has 0 aliphatic carbocycles. The summed E-state index contributed by atoms with van der Waals surface area (Å²) in [7, 11) is 2.93. The van der Waals surface area contributed by atoms with Crippen molar-refractivity contribution in [2.75, 3.05) is 31.4 Å². The number of rotatable bonds is 10. The van der Waals surface area contributed by atoms with Crippen LogP contribution in [-0.4, -0.2) is 38.5 Å². The number of carbonyl (C=O) groups excluding carboxylic acids is 3. The minimum Gasteiger partial charge on any atom is -0.494 e. The summed E-state index contributed by atoms with van der Waals surface area (Å²) in [5.74, 6) is 0.0448. The first kappa shape index (κ1) is 23.4. The maximum atomic E-state index is 12.5. The zero-order chi connectivity index (χ0) is 23.6. The number of anilines is 2. The third-order valence-electron chi connectivity index (χ3n) is 4.69. The number of hydrogen-bond donors (Lipinski definition) is 3. The summed E-state index contributed by atoms with van der Waals surface area (Å²) in [5, 5.41) is 8.26. The van der Waals surface area contributed by atoms with E-state index in [1.165, 1.54) is 20.5 Å². The predicted molar refractivity (Wildman–Crippen MR) is 123 cm³/mol. The standard InChI is InChI=1S/C24H25N3O6/c1-31-20-15-18(27-23(29)16-8-4-3-5-9-16)21(32-2)14-17(20)26-22(28)11-6-12-25-24(30)19-10-7-13-33-19/h3-5,7-10,13-15H,6,11-12H2,1-2H3,(H,25,30)(H,26,28)(H,27,29). The molecule has 1 heterocycles. The van der Waals surface area contributed by atoms with E-state index in [-0.39, 0.29) is 29.9 Å². The van der Waals surface area contributed by atoms with Crippen LogP contribution in [0.15, 0.2) is 65.3 Å². The molecule has 0 unspecified atom stereocenters. The summed E-state index contributed by atoms with van der Waals surface area (Å²) >= 11 is 0. The number of furan rings is 1. The Balaban J connectivity index is 1.59. The van der Waals surface area contributed by atoms with Crippen molar-refractivity contribution in [1.82, 2.24) is 5.32 Å². The second kappa shape index (κ2) is 11.4. The average molecular weight is 451 g/mol. The molecule has 0 atom stereocenters. The zero-order valence-electron chi connectivity index (χ0n) is 18.3. The molecule has 9 heteroatoms. The summed E-state index contributed by atoms with van der Waals surface area (Å²) in [6.07, 6.45) is 2.03. The number of ether oxygens (including phenoxy) is 2. The van der Waals surface area contributed by atoms with Crippen molar-refractivity contribution in [1.29, 1.82) is 0 Å². The summed E-state index contributed by atoms with van der Waals surface area (Å²) in [4.78, 5) is 36.7. The molecule has 0 saturated carbocycles. The summed E-state index contributed by atoms with van der Waals surface area (Å²) in [5.41, 5.74) is 1.30. The molecular weight excluding hydrogens is 426 g/mol. The van der Waals surface area contributed by atoms with Gasteiger partial charge in [0, 0.05) is 30.7 Å². The van der Waals surface area contributed by atoms with Gasteiger partial charge in [0.2, 0.25) is 5.91 Å². The third-order valence-corrected chi connectivity index (χ3v) is 4.69. The molecule has 3 amide bonds. The van der Waals surface area contributed by atoms with E-state index in [0.29, 0.717) is 41.4 Å². The highest BCUT2D eigenvalue weighted by Crippen LogP contribution is 2.36. The molecule has 0 bridgehead atoms. The van der Waals surface area contributed by atoms with Crippen molar-refractivity contribution in [3.05, 3.63) is 72.2 Å². The van der Waals surface area contributed by atoms with Crippen molar-refractivity contribution in [3.63, 3.8) is 0 Å². The Morgan fingerprint density at radius 1 is 0.848 bits per heavy atom. The number of methoxy groups -OCH3 is 2. The van der Waals surface area contributed by atoms with Crippen LogP contribution in [0.4, 0.5) is 11.4 Å². The first-order valence-electron chi connectivity index (χ1n) is 10.3. The van der Waals surface area contributed by atoms with Crippen LogP contribution in [0.3, 0.4) is 0 Å². The van der Waals surface area contributed by atoms with Gasteiger partial charge < -0.3 is 29.8 Å². The van der Waals surface area contributed by atoms with Crippen molar-refractivity contribution in [2.24, 2.45) is 0 Å². The highest BCUT2D eigenvalue weighted by Gasteiger charge is 2.16. The lowest BCUT2D eigenvalue weighted by Crippen LogP contribution is -2.25. The van der Waals surface area contributed by atoms with Gasteiger partial charge in [0.15, 0.2) is 5.76 Å². The van der Waals surface area contributed by atoms with Crippen molar-refractivity contribution < 1.29 is 28.3 Å². The molecule has 0 radical (unpaired) electrons. The molecule has 172 valence electrons. The Bertz CT molecular complexity index is 1100. The van der Waals surface area contributed by atoms with E-state index in [0.717, 1.165) is 0 Å². The maximum Gasteiger partial charge on any atom is 0.286 e. The molecule has 3 aromatic rings. The van der Waals surface area contributed by atoms with E-state index in [1.54, 1.807) is 48.5 Å². The molecule has 2 aromatic carbocycles. The van der Waals surface area contributed by atoms with Gasteiger partial charge in [-0.1, -0.05) is 18.2 Å². The fourth-order valence-corrected chi connectivity index (χ4v) is 3.04. The van der Waals surface area contributed by atoms with Gasteiger partial charge in [0.25, 0.3) is 11.8 Å². The molecule has 0 saturated heterocycles. The van der Waals surface area contributed by atoms with E-state index in [9.17, 15) is 14.4 Å². The van der Waals surface area contributed by atoms with E-state index >= 15 is 0 Å². The lowest BCUT2D eigenvalue weighted by Gasteiger charge is -2.16. The zero-order valence-corrected chi connectivity index (χ0v) is 18.3. The lowest BCUT2D eigenvalue weighted by atomic mass is 10.2. The Labute approximate surface area is 191 Å². The first-order chi connectivity index (χ1) is 16.0. The van der Waals surface area contributed by atoms with E-state index in [2.05, 4.69) is 16.0 Å². The van der Waals surface area contributed by atoms with Crippen LogP contribution in [0, 0.1) is 0 Å². The van der Waals surface area contributed by atoms with Gasteiger partial charge >= 0.3 is 0 Å². The van der Waals surface area contributed by atoms with Crippen LogP contribution in [0.2, 0.25) is 0 Å². The fraction of sp³-hybridized carbons (Fsp3) is 0.208. The number of amides is 3. The van der Waals surface area contributed by atoms with Crippen LogP contribution < -0.4 is 25.4 Å². The second-order valence-electron chi connectivity index (χ2n) is 6.96. The van der Waals surface area contributed by atoms with Gasteiger partial charge in [-0.05, 0) is 30.7 Å². The smallest absolute Gasteiger partial charge is 0.286 e. The van der Waals surface area contributed by atoms with Crippen molar-refractivity contribution in [3.8, 4) is 11.5 Å². The SMILES string of the molecule is COc1cc(NC(=O)c2ccccc2)c(OC)cc1NC(=O)CCCNC(=O)c1ccco1. The predicted octanol–water partition coefficient (Wildman–Crippen LogP) is 3.70. The van der Waals surface area contributed by atoms with Crippen LogP contribution in [0.5, 0.6) is 11.5 Å². The molecule has 0 spiro atoms. The van der Waals surface area contributed by atoms with Gasteiger partial charge in [-0.2, -0.15) is 0 Å². The van der Waals surface area contributed by atoms with Crippen molar-refractivity contribution in [2.45, 2.75) is 12.8 Å². The van der Waals surface area contributed by atoms with Gasteiger partial charge in [-0.25, -0.2) is 0 Å². The van der Waals surface area contributed by atoms with E-state index < -0.39 is 0 Å². The van der Waals surface area contributed by atoms with Crippen LogP contribution >= 0.6 is 0 Å². The van der Waals surface area contributed by atoms with Gasteiger partial charge in [-0.15, -0.1) is 0 Å². The number of benzene rings is 2. The van der Waals surface area contributed by atoms with E-state index in [4.69, 9.17) is 13.9 Å². The normalized spacial score (nSPS) is 10.2. The fourth-order valence-electron chi connectivity index (χ4n) is 3.04. The highest BCUT2D eigenvalue weighted by molar-refractivity contribution is 6.05. The lowest BCUT2D eigenvalue weighted by molar-refractivity contribution is -0.116. The quantitative estimate of drug-likeness (QED) is 0.405. The Hall–Kier alpha value is -4.27. The minimum absolute atomic E-state index is 0.177.